The molecule has 0 fully saturated rings. The molecule has 1 heterocycles. The Labute approximate surface area is 603 Å². The number of alkyl halides is 2. The van der Waals surface area contributed by atoms with E-state index in [9.17, 15) is 62.3 Å². The van der Waals surface area contributed by atoms with Crippen LogP contribution in [0.25, 0.3) is 10.9 Å². The van der Waals surface area contributed by atoms with E-state index in [-0.39, 0.29) is 44.4 Å². The molecular weight excluding hydrogens is 1360 g/mol. The SMILES string of the molecule is CSCC[C@H](NC(=O)[C@H](CC(C)C)NC(=O)[C@@H](Cc1ccccc1)NC(=O)CNC(=O)[C@@H](NC(=O)[C@H](C)NC(=O)[C@H](Cc1c[nH]c2ccccc12)NC(=O)[C@H](CCC(N)=O)NC(=O)[C@H](Cc1ccc(N(CCCl)CCCl)cc1)NC(=O)CNC(=O)[C@H](CCCCN)NC(C)=O)C(C)C)C(N)=O. The van der Waals surface area contributed by atoms with Gasteiger partial charge in [-0.3, -0.25) is 62.3 Å². The highest BCUT2D eigenvalue weighted by atomic mass is 35.5. The third-order valence-electron chi connectivity index (χ3n) is 16.2. The third kappa shape index (κ3) is 30.0. The highest BCUT2D eigenvalue weighted by Gasteiger charge is 2.35. The quantitative estimate of drug-likeness (QED) is 0.0211. The Morgan fingerprint density at radius 2 is 1.04 bits per heavy atom. The van der Waals surface area contributed by atoms with Crippen LogP contribution in [0.5, 0.6) is 0 Å². The fourth-order valence-corrected chi connectivity index (χ4v) is 11.7. The lowest BCUT2D eigenvalue weighted by Gasteiger charge is -2.27. The number of nitrogens with one attached hydrogen (secondary N) is 12. The molecule has 0 aliphatic carbocycles. The second-order valence-corrected chi connectivity index (χ2v) is 27.0. The molecule has 32 heteroatoms. The summed E-state index contributed by atoms with van der Waals surface area (Å²) in [6.45, 7) is 9.52. The number of carbonyl (C=O) groups is 13. The summed E-state index contributed by atoms with van der Waals surface area (Å²) in [5.41, 5.74) is 20.0. The van der Waals surface area contributed by atoms with Gasteiger partial charge in [0.2, 0.25) is 76.8 Å². The summed E-state index contributed by atoms with van der Waals surface area (Å²) in [5, 5.41) is 29.5. The molecule has 0 spiro atoms. The number of aromatic nitrogens is 1. The van der Waals surface area contributed by atoms with Crippen molar-refractivity contribution in [3.8, 4) is 0 Å². The van der Waals surface area contributed by atoms with Crippen LogP contribution in [0, 0.1) is 11.8 Å². The number of aromatic amines is 1. The van der Waals surface area contributed by atoms with Gasteiger partial charge >= 0.3 is 0 Å². The Kier molecular flexibility index (Phi) is 37.0. The van der Waals surface area contributed by atoms with Crippen molar-refractivity contribution in [2.45, 2.75) is 160 Å². The largest absolute Gasteiger partial charge is 0.370 e. The molecule has 29 nitrogen and oxygen atoms in total. The van der Waals surface area contributed by atoms with Gasteiger partial charge in [0.05, 0.1) is 13.1 Å². The maximum absolute atomic E-state index is 14.7. The van der Waals surface area contributed by atoms with Crippen molar-refractivity contribution in [2.24, 2.45) is 29.0 Å². The van der Waals surface area contributed by atoms with E-state index in [0.29, 0.717) is 77.6 Å². The number of halogens is 2. The van der Waals surface area contributed by atoms with Gasteiger partial charge in [-0.25, -0.2) is 0 Å². The number of nitrogens with two attached hydrogens (primary N) is 3. The normalized spacial score (nSPS) is 13.8. The number of unbranched alkanes of at least 4 members (excludes halogenated alkanes) is 1. The smallest absolute Gasteiger partial charge is 0.243 e. The molecule has 0 bridgehead atoms. The lowest BCUT2D eigenvalue weighted by molar-refractivity contribution is -0.135. The molecule has 0 aliphatic heterocycles. The third-order valence-corrected chi connectivity index (χ3v) is 17.2. The van der Waals surface area contributed by atoms with Crippen LogP contribution in [0.3, 0.4) is 0 Å². The lowest BCUT2D eigenvalue weighted by Crippen LogP contribution is -2.60. The number of para-hydroxylation sites is 1. The Morgan fingerprint density at radius 3 is 1.59 bits per heavy atom. The first-order valence-electron chi connectivity index (χ1n) is 33.6. The number of primary amides is 2. The first-order valence-corrected chi connectivity index (χ1v) is 36.1. The fraction of sp³-hybridized carbons (Fsp3) is 0.522. The van der Waals surface area contributed by atoms with Crippen LogP contribution in [0.2, 0.25) is 0 Å². The van der Waals surface area contributed by atoms with Crippen LogP contribution in [-0.2, 0) is 81.6 Å². The van der Waals surface area contributed by atoms with Gasteiger partial charge in [-0.1, -0.05) is 88.4 Å². The van der Waals surface area contributed by atoms with Crippen molar-refractivity contribution in [3.63, 3.8) is 0 Å². The molecule has 0 radical (unpaired) electrons. The molecule has 0 aliphatic rings. The molecule has 18 N–H and O–H groups in total. The average Bonchev–Trinajstić information content (AvgIpc) is 1.73. The molecule has 3 aromatic carbocycles. The monoisotopic (exact) mass is 1460 g/mol. The van der Waals surface area contributed by atoms with Gasteiger partial charge in [-0.2, -0.15) is 11.8 Å². The Balaban J connectivity index is 1.57. The van der Waals surface area contributed by atoms with Crippen LogP contribution in [0.15, 0.2) is 85.1 Å². The average molecular weight is 1460 g/mol. The van der Waals surface area contributed by atoms with E-state index in [2.05, 4.69) is 63.5 Å². The second kappa shape index (κ2) is 44.3. The number of fused-ring (bicyclic) bond motifs is 1. The minimum Gasteiger partial charge on any atom is -0.370 e. The molecule has 1 aromatic heterocycles. The molecule has 9 atom stereocenters. The van der Waals surface area contributed by atoms with Gasteiger partial charge in [0, 0.05) is 80.2 Å². The molecule has 0 unspecified atom stereocenters. The van der Waals surface area contributed by atoms with Crippen molar-refractivity contribution < 1.29 is 62.3 Å². The van der Waals surface area contributed by atoms with E-state index in [1.807, 2.05) is 25.0 Å². The Morgan fingerprint density at radius 1 is 0.525 bits per heavy atom. The van der Waals surface area contributed by atoms with E-state index in [1.165, 1.54) is 25.6 Å². The predicted molar refractivity (Wildman–Crippen MR) is 389 cm³/mol. The zero-order valence-electron chi connectivity index (χ0n) is 58.3. The minimum atomic E-state index is -1.60. The van der Waals surface area contributed by atoms with E-state index >= 15 is 0 Å². The number of benzene rings is 3. The summed E-state index contributed by atoms with van der Waals surface area (Å²) in [7, 11) is 0. The van der Waals surface area contributed by atoms with Crippen molar-refractivity contribution >= 4 is 128 Å². The number of nitrogens with zero attached hydrogens (tertiary/aromatic N) is 1. The van der Waals surface area contributed by atoms with Crippen LogP contribution >= 0.6 is 35.0 Å². The molecule has 4 rings (SSSR count). The summed E-state index contributed by atoms with van der Waals surface area (Å²) < 4.78 is 0. The standard InChI is InChI=1S/C69H100Cl2N16O13S/c1-40(2)33-53(66(97)82-50(61(74)92)26-32-101-7)84-68(99)54(34-44-15-9-8-10-16-44)80-59(91)39-77-69(100)60(41(3)4)86-62(93)42(5)78-65(96)56(36-46-37-75-49-18-12-11-17-48(46)49)85-64(95)52(24-25-57(73)89)83-67(98)55(35-45-20-22-47(23-21-45)87(30-27-70)31-28-71)81-58(90)38-76-63(94)51(79-43(6)88)19-13-14-29-72/h8-12,15-18,20-23,37,40-42,50-56,60,75H,13-14,19,24-36,38-39,72H2,1-7H3,(H2,73,89)(H2,74,92)(H,76,94)(H,77,100)(H,78,96)(H,79,88)(H,80,91)(H,81,90)(H,82,97)(H,83,98)(H,84,99)(H,85,95)(H,86,93)/t42-,50-,51-,52-,53-,54+,55-,56-,60-/m0/s1. The topological polar surface area (TPSA) is 451 Å². The van der Waals surface area contributed by atoms with Crippen LogP contribution < -0.4 is 80.6 Å². The van der Waals surface area contributed by atoms with E-state index in [1.54, 1.807) is 98.9 Å². The van der Waals surface area contributed by atoms with Crippen molar-refractivity contribution in [1.82, 2.24) is 63.5 Å². The number of anilines is 1. The maximum Gasteiger partial charge on any atom is 0.243 e. The number of thioether (sulfide) groups is 1. The summed E-state index contributed by atoms with van der Waals surface area (Å²) >= 11 is 13.6. The highest BCUT2D eigenvalue weighted by molar-refractivity contribution is 7.98. The van der Waals surface area contributed by atoms with E-state index in [4.69, 9.17) is 40.4 Å². The van der Waals surface area contributed by atoms with Crippen LogP contribution in [-0.4, -0.2) is 193 Å². The molecular formula is C69H100Cl2N16O13S. The number of hydrogen-bond acceptors (Lipinski definition) is 16. The number of amides is 13. The maximum atomic E-state index is 14.7. The number of hydrogen-bond donors (Lipinski definition) is 15. The van der Waals surface area contributed by atoms with E-state index < -0.39 is 163 Å². The summed E-state index contributed by atoms with van der Waals surface area (Å²) in [6.07, 6.45) is 3.98. The number of rotatable bonds is 46. The first-order chi connectivity index (χ1) is 48.1. The van der Waals surface area contributed by atoms with Gasteiger partial charge in [0.1, 0.15) is 54.4 Å². The predicted octanol–water partition coefficient (Wildman–Crippen LogP) is 0.450. The van der Waals surface area contributed by atoms with Gasteiger partial charge in [-0.15, -0.1) is 23.2 Å². The molecule has 101 heavy (non-hydrogen) atoms. The molecule has 4 aromatic rings. The summed E-state index contributed by atoms with van der Waals surface area (Å²) in [4.78, 5) is 182. The molecule has 13 amide bonds. The number of carbonyl (C=O) groups excluding carboxylic acids is 13. The van der Waals surface area contributed by atoms with Crippen molar-refractivity contribution in [1.29, 1.82) is 0 Å². The molecule has 554 valence electrons. The number of H-pyrrole nitrogens is 1. The summed E-state index contributed by atoms with van der Waals surface area (Å²) in [5.74, 6) is -9.72. The van der Waals surface area contributed by atoms with Crippen molar-refractivity contribution in [3.05, 3.63) is 102 Å². The van der Waals surface area contributed by atoms with Crippen LogP contribution in [0.1, 0.15) is 103 Å². The van der Waals surface area contributed by atoms with Crippen LogP contribution in [0.4, 0.5) is 5.69 Å². The second-order valence-electron chi connectivity index (χ2n) is 25.2. The van der Waals surface area contributed by atoms with Gasteiger partial charge in [0.15, 0.2) is 0 Å². The zero-order chi connectivity index (χ0) is 74.7. The minimum absolute atomic E-state index is 0.0241. The Bertz CT molecular complexity index is 3420. The molecule has 0 saturated heterocycles. The van der Waals surface area contributed by atoms with Gasteiger partial charge in [0.25, 0.3) is 0 Å². The Hall–Kier alpha value is -9.00. The molecule has 0 saturated carbocycles. The zero-order valence-corrected chi connectivity index (χ0v) is 60.6. The fourth-order valence-electron chi connectivity index (χ4n) is 10.8. The van der Waals surface area contributed by atoms with Gasteiger partial charge < -0.3 is 85.6 Å². The first kappa shape index (κ1) is 84.4. The highest BCUT2D eigenvalue weighted by Crippen LogP contribution is 2.21. The van der Waals surface area contributed by atoms with E-state index in [0.717, 1.165) is 5.69 Å². The van der Waals surface area contributed by atoms with Crippen molar-refractivity contribution in [2.75, 3.05) is 61.4 Å². The lowest BCUT2D eigenvalue weighted by atomic mass is 10.0. The summed E-state index contributed by atoms with van der Waals surface area (Å²) in [6, 6.07) is 11.2. The van der Waals surface area contributed by atoms with Gasteiger partial charge in [-0.05, 0) is 111 Å².